The van der Waals surface area contributed by atoms with Gasteiger partial charge in [-0.15, -0.1) is 0 Å². The standard InChI is InChI=1S/C21H26N8O/c1-13-8-29-12-18(25-14(2)20(29)24-13)26-21(30)17-6-23-19(7-22-17)28-10-15(11-28)9-27(3)16-4-5-16/h6-8,12,15-16H,4-5,9-11H2,1-3H3,(H,26,30). The Morgan fingerprint density at radius 1 is 1.17 bits per heavy atom. The first-order valence-corrected chi connectivity index (χ1v) is 10.4. The molecule has 9 nitrogen and oxygen atoms in total. The van der Waals surface area contributed by atoms with Crippen LogP contribution < -0.4 is 10.2 Å². The van der Waals surface area contributed by atoms with E-state index in [0.29, 0.717) is 11.7 Å². The molecule has 9 heteroatoms. The Labute approximate surface area is 175 Å². The topological polar surface area (TPSA) is 91.6 Å². The van der Waals surface area contributed by atoms with Gasteiger partial charge in [0.25, 0.3) is 5.91 Å². The lowest BCUT2D eigenvalue weighted by atomic mass is 10.00. The average molecular weight is 406 g/mol. The quantitative estimate of drug-likeness (QED) is 0.669. The zero-order valence-corrected chi connectivity index (χ0v) is 17.5. The number of rotatable bonds is 6. The van der Waals surface area contributed by atoms with Crippen LogP contribution in [0.4, 0.5) is 11.6 Å². The van der Waals surface area contributed by atoms with Crippen molar-refractivity contribution in [2.45, 2.75) is 32.7 Å². The molecule has 0 bridgehead atoms. The van der Waals surface area contributed by atoms with E-state index in [1.807, 2.05) is 24.4 Å². The van der Waals surface area contributed by atoms with E-state index in [4.69, 9.17) is 0 Å². The summed E-state index contributed by atoms with van der Waals surface area (Å²) in [6.45, 7) is 6.92. The van der Waals surface area contributed by atoms with Crippen molar-refractivity contribution < 1.29 is 4.79 Å². The zero-order chi connectivity index (χ0) is 20.8. The molecule has 1 aliphatic heterocycles. The summed E-state index contributed by atoms with van der Waals surface area (Å²) in [5.41, 5.74) is 2.70. The largest absolute Gasteiger partial charge is 0.355 e. The predicted molar refractivity (Wildman–Crippen MR) is 114 cm³/mol. The SMILES string of the molecule is Cc1cn2cc(NC(=O)c3cnc(N4CC(CN(C)C5CC5)C4)cn3)nc(C)c2n1. The van der Waals surface area contributed by atoms with Crippen LogP contribution in [-0.4, -0.2) is 67.9 Å². The van der Waals surface area contributed by atoms with E-state index in [-0.39, 0.29) is 11.6 Å². The minimum atomic E-state index is -0.329. The summed E-state index contributed by atoms with van der Waals surface area (Å²) in [5, 5.41) is 2.80. The van der Waals surface area contributed by atoms with Crippen molar-refractivity contribution in [3.63, 3.8) is 0 Å². The molecule has 30 heavy (non-hydrogen) atoms. The molecule has 156 valence electrons. The van der Waals surface area contributed by atoms with Crippen molar-refractivity contribution in [1.82, 2.24) is 29.2 Å². The Morgan fingerprint density at radius 3 is 2.67 bits per heavy atom. The normalized spacial score (nSPS) is 16.9. The molecule has 2 aliphatic rings. The van der Waals surface area contributed by atoms with Crippen molar-refractivity contribution in [3.8, 4) is 0 Å². The highest BCUT2D eigenvalue weighted by Crippen LogP contribution is 2.29. The molecule has 3 aromatic rings. The van der Waals surface area contributed by atoms with Crippen LogP contribution in [0.2, 0.25) is 0 Å². The van der Waals surface area contributed by atoms with Gasteiger partial charge in [-0.3, -0.25) is 4.79 Å². The molecular formula is C21H26N8O. The van der Waals surface area contributed by atoms with E-state index < -0.39 is 0 Å². The van der Waals surface area contributed by atoms with Crippen molar-refractivity contribution >= 4 is 23.2 Å². The van der Waals surface area contributed by atoms with Crippen LogP contribution in [0.15, 0.2) is 24.8 Å². The van der Waals surface area contributed by atoms with Gasteiger partial charge in [0.05, 0.1) is 30.0 Å². The molecule has 0 unspecified atom stereocenters. The van der Waals surface area contributed by atoms with E-state index in [0.717, 1.165) is 48.5 Å². The summed E-state index contributed by atoms with van der Waals surface area (Å²) < 4.78 is 1.86. The fraction of sp³-hybridized carbons (Fsp3) is 0.476. The molecular weight excluding hydrogens is 380 g/mol. The number of aromatic nitrogens is 5. The predicted octanol–water partition coefficient (Wildman–Crippen LogP) is 1.92. The first-order valence-electron chi connectivity index (χ1n) is 10.4. The second-order valence-electron chi connectivity index (χ2n) is 8.48. The van der Waals surface area contributed by atoms with Gasteiger partial charge in [0.2, 0.25) is 0 Å². The van der Waals surface area contributed by atoms with Crippen LogP contribution in [0.1, 0.15) is 34.7 Å². The molecule has 2 fully saturated rings. The van der Waals surface area contributed by atoms with Crippen LogP contribution in [0.25, 0.3) is 5.65 Å². The molecule has 3 aromatic heterocycles. The van der Waals surface area contributed by atoms with E-state index in [1.54, 1.807) is 12.4 Å². The number of nitrogens with one attached hydrogen (secondary N) is 1. The number of carbonyl (C=O) groups is 1. The molecule has 0 spiro atoms. The van der Waals surface area contributed by atoms with E-state index in [2.05, 4.69) is 42.1 Å². The third-order valence-corrected chi connectivity index (χ3v) is 5.84. The van der Waals surface area contributed by atoms with Crippen LogP contribution in [0, 0.1) is 19.8 Å². The van der Waals surface area contributed by atoms with Crippen LogP contribution in [0.3, 0.4) is 0 Å². The third kappa shape index (κ3) is 3.72. The summed E-state index contributed by atoms with van der Waals surface area (Å²) in [6.07, 6.45) is 9.54. The van der Waals surface area contributed by atoms with Gasteiger partial charge in [0.15, 0.2) is 5.65 Å². The molecule has 0 aromatic carbocycles. The fourth-order valence-corrected chi connectivity index (χ4v) is 4.06. The minimum Gasteiger partial charge on any atom is -0.355 e. The Morgan fingerprint density at radius 2 is 1.97 bits per heavy atom. The smallest absolute Gasteiger partial charge is 0.277 e. The Hall–Kier alpha value is -3.07. The average Bonchev–Trinajstić information content (AvgIpc) is 3.46. The fourth-order valence-electron chi connectivity index (χ4n) is 4.06. The Balaban J connectivity index is 1.20. The minimum absolute atomic E-state index is 0.269. The number of hydrogen-bond donors (Lipinski definition) is 1. The molecule has 1 aliphatic carbocycles. The number of amides is 1. The Kier molecular flexibility index (Phi) is 4.62. The summed E-state index contributed by atoms with van der Waals surface area (Å²) in [4.78, 5) is 34.9. The molecule has 5 rings (SSSR count). The molecule has 0 radical (unpaired) electrons. The summed E-state index contributed by atoms with van der Waals surface area (Å²) in [5.74, 6) is 1.63. The van der Waals surface area contributed by atoms with E-state index >= 15 is 0 Å². The first-order chi connectivity index (χ1) is 14.5. The van der Waals surface area contributed by atoms with Crippen molar-refractivity contribution in [2.75, 3.05) is 36.9 Å². The lowest BCUT2D eigenvalue weighted by molar-refractivity contribution is 0.102. The van der Waals surface area contributed by atoms with Gasteiger partial charge >= 0.3 is 0 Å². The maximum atomic E-state index is 12.6. The molecule has 1 amide bonds. The number of carbonyl (C=O) groups excluding carboxylic acids is 1. The number of fused-ring (bicyclic) bond motifs is 1. The maximum absolute atomic E-state index is 12.6. The molecule has 0 atom stereocenters. The number of nitrogens with zero attached hydrogens (tertiary/aromatic N) is 7. The Bertz CT molecular complexity index is 1080. The third-order valence-electron chi connectivity index (χ3n) is 5.84. The van der Waals surface area contributed by atoms with Gasteiger partial charge in [-0.2, -0.15) is 0 Å². The van der Waals surface area contributed by atoms with Crippen molar-refractivity contribution in [2.24, 2.45) is 5.92 Å². The molecule has 1 N–H and O–H groups in total. The number of imidazole rings is 1. The van der Waals surface area contributed by atoms with E-state index in [9.17, 15) is 4.79 Å². The highest BCUT2D eigenvalue weighted by molar-refractivity contribution is 6.02. The lowest BCUT2D eigenvalue weighted by Crippen LogP contribution is -2.51. The van der Waals surface area contributed by atoms with Gasteiger partial charge in [-0.1, -0.05) is 0 Å². The van der Waals surface area contributed by atoms with Crippen LogP contribution in [-0.2, 0) is 0 Å². The maximum Gasteiger partial charge on any atom is 0.277 e. The first kappa shape index (κ1) is 18.9. The summed E-state index contributed by atoms with van der Waals surface area (Å²) >= 11 is 0. The van der Waals surface area contributed by atoms with Gasteiger partial charge in [-0.05, 0) is 33.7 Å². The second kappa shape index (κ2) is 7.32. The second-order valence-corrected chi connectivity index (χ2v) is 8.48. The van der Waals surface area contributed by atoms with Gasteiger partial charge in [0.1, 0.15) is 17.3 Å². The highest BCUT2D eigenvalue weighted by Gasteiger charge is 2.33. The zero-order valence-electron chi connectivity index (χ0n) is 17.5. The highest BCUT2D eigenvalue weighted by atomic mass is 16.2. The summed E-state index contributed by atoms with van der Waals surface area (Å²) in [7, 11) is 2.22. The molecule has 1 saturated heterocycles. The van der Waals surface area contributed by atoms with Crippen LogP contribution in [0.5, 0.6) is 0 Å². The number of anilines is 2. The van der Waals surface area contributed by atoms with Crippen LogP contribution >= 0.6 is 0 Å². The van der Waals surface area contributed by atoms with Crippen molar-refractivity contribution in [3.05, 3.63) is 41.9 Å². The monoisotopic (exact) mass is 406 g/mol. The lowest BCUT2D eigenvalue weighted by Gasteiger charge is -2.41. The van der Waals surface area contributed by atoms with Gasteiger partial charge in [0, 0.05) is 37.8 Å². The number of aryl methyl sites for hydroxylation is 2. The summed E-state index contributed by atoms with van der Waals surface area (Å²) in [6, 6.07) is 0.799. The van der Waals surface area contributed by atoms with Crippen molar-refractivity contribution in [1.29, 1.82) is 0 Å². The van der Waals surface area contributed by atoms with Gasteiger partial charge in [-0.25, -0.2) is 19.9 Å². The van der Waals surface area contributed by atoms with Gasteiger partial charge < -0.3 is 19.5 Å². The van der Waals surface area contributed by atoms with E-state index in [1.165, 1.54) is 19.0 Å². The number of hydrogen-bond acceptors (Lipinski definition) is 7. The molecule has 4 heterocycles. The molecule has 1 saturated carbocycles.